The molecule has 1 unspecified atom stereocenters. The Labute approximate surface area is 129 Å². The van der Waals surface area contributed by atoms with Crippen LogP contribution < -0.4 is 5.73 Å². The summed E-state index contributed by atoms with van der Waals surface area (Å²) in [4.78, 5) is 0. The van der Waals surface area contributed by atoms with Crippen LogP contribution >= 0.6 is 0 Å². The Morgan fingerprint density at radius 2 is 1.90 bits per heavy atom. The molecule has 0 bridgehead atoms. The highest BCUT2D eigenvalue weighted by atomic mass is 16.3. The van der Waals surface area contributed by atoms with E-state index in [1.54, 1.807) is 0 Å². The molecule has 21 heavy (non-hydrogen) atoms. The SMILES string of the molecule is CCCC1CCC(CN)(C(O)c2ccccc2CC)CC1. The van der Waals surface area contributed by atoms with Crippen molar-refractivity contribution in [2.24, 2.45) is 17.1 Å². The van der Waals surface area contributed by atoms with Crippen molar-refractivity contribution in [3.8, 4) is 0 Å². The normalized spacial score (nSPS) is 27.5. The van der Waals surface area contributed by atoms with Crippen molar-refractivity contribution in [3.63, 3.8) is 0 Å². The maximum absolute atomic E-state index is 11.0. The first-order valence-electron chi connectivity index (χ1n) is 8.62. The van der Waals surface area contributed by atoms with Gasteiger partial charge < -0.3 is 10.8 Å². The van der Waals surface area contributed by atoms with E-state index in [1.165, 1.54) is 31.2 Å². The Bertz CT molecular complexity index is 435. The van der Waals surface area contributed by atoms with Crippen molar-refractivity contribution in [1.82, 2.24) is 0 Å². The van der Waals surface area contributed by atoms with Gasteiger partial charge in [-0.1, -0.05) is 51.0 Å². The number of nitrogens with two attached hydrogens (primary N) is 1. The van der Waals surface area contributed by atoms with Gasteiger partial charge in [0.05, 0.1) is 6.10 Å². The van der Waals surface area contributed by atoms with Crippen LogP contribution in [0.5, 0.6) is 0 Å². The molecule has 1 saturated carbocycles. The fourth-order valence-electron chi connectivity index (χ4n) is 3.99. The van der Waals surface area contributed by atoms with Gasteiger partial charge in [0.2, 0.25) is 0 Å². The van der Waals surface area contributed by atoms with Gasteiger partial charge in [-0.25, -0.2) is 0 Å². The van der Waals surface area contributed by atoms with Crippen LogP contribution in [-0.4, -0.2) is 11.7 Å². The quantitative estimate of drug-likeness (QED) is 0.823. The van der Waals surface area contributed by atoms with Gasteiger partial charge in [-0.2, -0.15) is 0 Å². The lowest BCUT2D eigenvalue weighted by molar-refractivity contribution is -0.0113. The van der Waals surface area contributed by atoms with Crippen molar-refractivity contribution < 1.29 is 5.11 Å². The first kappa shape index (κ1) is 16.5. The Morgan fingerprint density at radius 3 is 2.48 bits per heavy atom. The summed E-state index contributed by atoms with van der Waals surface area (Å²) in [5, 5.41) is 11.0. The molecule has 2 nitrogen and oxygen atoms in total. The molecule has 2 heteroatoms. The third-order valence-electron chi connectivity index (χ3n) is 5.52. The van der Waals surface area contributed by atoms with Crippen LogP contribution in [-0.2, 0) is 6.42 Å². The maximum atomic E-state index is 11.0. The van der Waals surface area contributed by atoms with Crippen molar-refractivity contribution in [2.75, 3.05) is 6.54 Å². The van der Waals surface area contributed by atoms with E-state index in [0.717, 1.165) is 30.7 Å². The standard InChI is InChI=1S/C19H31NO/c1-3-7-15-10-12-19(14-20,13-11-15)18(21)17-9-6-5-8-16(17)4-2/h5-6,8-9,15,18,21H,3-4,7,10-14,20H2,1-2H3. The summed E-state index contributed by atoms with van der Waals surface area (Å²) in [5.74, 6) is 0.836. The van der Waals surface area contributed by atoms with Crippen LogP contribution in [0.25, 0.3) is 0 Å². The molecular formula is C19H31NO. The number of aryl methyl sites for hydroxylation is 1. The monoisotopic (exact) mass is 289 g/mol. The van der Waals surface area contributed by atoms with Gasteiger partial charge in [-0.3, -0.25) is 0 Å². The predicted octanol–water partition coefficient (Wildman–Crippen LogP) is 4.22. The summed E-state index contributed by atoms with van der Waals surface area (Å²) in [6.07, 6.45) is 7.70. The van der Waals surface area contributed by atoms with Gasteiger partial charge in [0.25, 0.3) is 0 Å². The van der Waals surface area contributed by atoms with Crippen LogP contribution in [0.3, 0.4) is 0 Å². The molecule has 1 aliphatic rings. The van der Waals surface area contributed by atoms with Crippen LogP contribution in [0.15, 0.2) is 24.3 Å². The van der Waals surface area contributed by atoms with Crippen molar-refractivity contribution in [3.05, 3.63) is 35.4 Å². The first-order chi connectivity index (χ1) is 10.2. The summed E-state index contributed by atoms with van der Waals surface area (Å²) in [6, 6.07) is 8.30. The highest BCUT2D eigenvalue weighted by Crippen LogP contribution is 2.48. The molecule has 2 rings (SSSR count). The van der Waals surface area contributed by atoms with E-state index in [4.69, 9.17) is 5.73 Å². The molecule has 1 atom stereocenters. The maximum Gasteiger partial charge on any atom is 0.0860 e. The summed E-state index contributed by atoms with van der Waals surface area (Å²) < 4.78 is 0. The van der Waals surface area contributed by atoms with Gasteiger partial charge >= 0.3 is 0 Å². The van der Waals surface area contributed by atoms with Crippen LogP contribution in [0, 0.1) is 11.3 Å². The lowest BCUT2D eigenvalue weighted by Gasteiger charge is -2.43. The fraction of sp³-hybridized carbons (Fsp3) is 0.684. The zero-order chi connectivity index (χ0) is 15.3. The molecule has 1 fully saturated rings. The van der Waals surface area contributed by atoms with E-state index in [1.807, 2.05) is 6.07 Å². The van der Waals surface area contributed by atoms with Gasteiger partial charge in [-0.05, 0) is 49.1 Å². The van der Waals surface area contributed by atoms with Gasteiger partial charge in [0, 0.05) is 12.0 Å². The summed E-state index contributed by atoms with van der Waals surface area (Å²) in [6.45, 7) is 5.00. The van der Waals surface area contributed by atoms with E-state index in [-0.39, 0.29) is 5.41 Å². The lowest BCUT2D eigenvalue weighted by atomic mass is 9.65. The smallest absolute Gasteiger partial charge is 0.0860 e. The number of hydrogen-bond acceptors (Lipinski definition) is 2. The molecule has 1 aromatic rings. The molecular weight excluding hydrogens is 258 g/mol. The molecule has 0 heterocycles. The molecule has 1 aromatic carbocycles. The second-order valence-corrected chi connectivity index (χ2v) is 6.75. The zero-order valence-electron chi connectivity index (χ0n) is 13.6. The van der Waals surface area contributed by atoms with E-state index in [9.17, 15) is 5.11 Å². The molecule has 0 spiro atoms. The van der Waals surface area contributed by atoms with E-state index in [0.29, 0.717) is 6.54 Å². The minimum Gasteiger partial charge on any atom is -0.388 e. The Morgan fingerprint density at radius 1 is 1.24 bits per heavy atom. The van der Waals surface area contributed by atoms with Crippen LogP contribution in [0.1, 0.15) is 69.6 Å². The first-order valence-corrected chi connectivity index (χ1v) is 8.62. The molecule has 1 aliphatic carbocycles. The molecule has 118 valence electrons. The van der Waals surface area contributed by atoms with E-state index < -0.39 is 6.10 Å². The van der Waals surface area contributed by atoms with Crippen LogP contribution in [0.2, 0.25) is 0 Å². The Kier molecular flexibility index (Phi) is 5.83. The summed E-state index contributed by atoms with van der Waals surface area (Å²) in [7, 11) is 0. The van der Waals surface area contributed by atoms with Crippen molar-refractivity contribution >= 4 is 0 Å². The summed E-state index contributed by atoms with van der Waals surface area (Å²) >= 11 is 0. The van der Waals surface area contributed by atoms with Gasteiger partial charge in [0.1, 0.15) is 0 Å². The molecule has 0 aromatic heterocycles. The van der Waals surface area contributed by atoms with E-state index >= 15 is 0 Å². The minimum atomic E-state index is -0.416. The molecule has 0 saturated heterocycles. The van der Waals surface area contributed by atoms with E-state index in [2.05, 4.69) is 32.0 Å². The highest BCUT2D eigenvalue weighted by Gasteiger charge is 2.41. The second-order valence-electron chi connectivity index (χ2n) is 6.75. The molecule has 0 radical (unpaired) electrons. The third kappa shape index (κ3) is 3.49. The predicted molar refractivity (Wildman–Crippen MR) is 89.1 cm³/mol. The summed E-state index contributed by atoms with van der Waals surface area (Å²) in [5.41, 5.74) is 8.37. The average Bonchev–Trinajstić information content (AvgIpc) is 2.55. The van der Waals surface area contributed by atoms with Crippen LogP contribution in [0.4, 0.5) is 0 Å². The molecule has 3 N–H and O–H groups in total. The number of hydrogen-bond donors (Lipinski definition) is 2. The number of benzene rings is 1. The van der Waals surface area contributed by atoms with Gasteiger partial charge in [0.15, 0.2) is 0 Å². The third-order valence-corrected chi connectivity index (χ3v) is 5.52. The minimum absolute atomic E-state index is 0.116. The number of aliphatic hydroxyl groups excluding tert-OH is 1. The van der Waals surface area contributed by atoms with Crippen molar-refractivity contribution in [1.29, 1.82) is 0 Å². The lowest BCUT2D eigenvalue weighted by Crippen LogP contribution is -2.40. The average molecular weight is 289 g/mol. The van der Waals surface area contributed by atoms with Gasteiger partial charge in [-0.15, -0.1) is 0 Å². The Balaban J connectivity index is 2.17. The second kappa shape index (κ2) is 7.42. The largest absolute Gasteiger partial charge is 0.388 e. The number of aliphatic hydroxyl groups is 1. The van der Waals surface area contributed by atoms with Crippen molar-refractivity contribution in [2.45, 2.75) is 64.9 Å². The topological polar surface area (TPSA) is 46.2 Å². The zero-order valence-corrected chi connectivity index (χ0v) is 13.6. The number of rotatable bonds is 6. The molecule has 0 amide bonds. The Hall–Kier alpha value is -0.860. The molecule has 0 aliphatic heterocycles. The fourth-order valence-corrected chi connectivity index (χ4v) is 3.99. The highest BCUT2D eigenvalue weighted by molar-refractivity contribution is 5.30.